The molecule has 1 aromatic carbocycles. The van der Waals surface area contributed by atoms with Crippen molar-refractivity contribution in [2.24, 2.45) is 0 Å². The Kier molecular flexibility index (Phi) is 3.59. The summed E-state index contributed by atoms with van der Waals surface area (Å²) in [7, 11) is -0.941. The van der Waals surface area contributed by atoms with E-state index < -0.39 is 15.5 Å². The molecule has 3 rings (SSSR count). The minimum Gasteiger partial charge on any atom is -0.451 e. The topological polar surface area (TPSA) is 50.5 Å². The Morgan fingerprint density at radius 1 is 1.41 bits per heavy atom. The third-order valence-corrected chi connectivity index (χ3v) is 6.03. The molecule has 118 valence electrons. The van der Waals surface area contributed by atoms with Gasteiger partial charge in [0.2, 0.25) is 0 Å². The Morgan fingerprint density at radius 2 is 2.14 bits per heavy atom. The fraction of sp³-hybridized carbons (Fsp3) is 0.438. The lowest BCUT2D eigenvalue weighted by molar-refractivity contribution is 0.0715. The van der Waals surface area contributed by atoms with E-state index in [1.54, 1.807) is 11.8 Å². The zero-order chi connectivity index (χ0) is 16.1. The molecule has 0 saturated carbocycles. The van der Waals surface area contributed by atoms with Crippen molar-refractivity contribution in [2.75, 3.05) is 18.8 Å². The zero-order valence-electron chi connectivity index (χ0n) is 12.8. The molecule has 1 amide bonds. The van der Waals surface area contributed by atoms with Crippen LogP contribution < -0.4 is 0 Å². The lowest BCUT2D eigenvalue weighted by Gasteiger charge is -2.36. The van der Waals surface area contributed by atoms with Gasteiger partial charge in [-0.2, -0.15) is 0 Å². The number of fused-ring (bicyclic) bond motifs is 1. The van der Waals surface area contributed by atoms with Crippen molar-refractivity contribution in [3.05, 3.63) is 35.3 Å². The number of aryl methyl sites for hydroxylation is 1. The van der Waals surface area contributed by atoms with E-state index in [4.69, 9.17) is 4.42 Å². The number of benzene rings is 1. The smallest absolute Gasteiger partial charge is 0.289 e. The van der Waals surface area contributed by atoms with Crippen molar-refractivity contribution in [3.8, 4) is 0 Å². The molecule has 1 aromatic heterocycles. The summed E-state index contributed by atoms with van der Waals surface area (Å²) >= 11 is 0. The summed E-state index contributed by atoms with van der Waals surface area (Å²) in [6.07, 6.45) is 0. The standard InChI is InChI=1S/C16H18FNO3S/c1-10-12-8-11(17)4-5-13(12)21-14(10)15(19)18-6-7-22(20)16(2,3)9-18/h4-5,8H,6-7,9H2,1-3H3/t22-/m1/s1. The van der Waals surface area contributed by atoms with Crippen molar-refractivity contribution in [1.82, 2.24) is 4.90 Å². The average Bonchev–Trinajstić information content (AvgIpc) is 2.78. The maximum atomic E-state index is 13.4. The molecule has 0 unspecified atom stereocenters. The second kappa shape index (κ2) is 5.19. The van der Waals surface area contributed by atoms with Gasteiger partial charge in [0.25, 0.3) is 5.91 Å². The fourth-order valence-electron chi connectivity index (χ4n) is 2.79. The van der Waals surface area contributed by atoms with Crippen molar-refractivity contribution in [3.63, 3.8) is 0 Å². The van der Waals surface area contributed by atoms with Gasteiger partial charge in [-0.25, -0.2) is 4.39 Å². The van der Waals surface area contributed by atoms with Gasteiger partial charge in [0.1, 0.15) is 11.4 Å². The predicted molar refractivity (Wildman–Crippen MR) is 83.9 cm³/mol. The average molecular weight is 323 g/mol. The van der Waals surface area contributed by atoms with Crippen molar-refractivity contribution >= 4 is 27.7 Å². The van der Waals surface area contributed by atoms with Gasteiger partial charge in [-0.05, 0) is 39.0 Å². The highest BCUT2D eigenvalue weighted by Crippen LogP contribution is 2.28. The molecule has 1 aliphatic heterocycles. The van der Waals surface area contributed by atoms with Gasteiger partial charge < -0.3 is 9.32 Å². The second-order valence-electron chi connectivity index (χ2n) is 6.23. The Hall–Kier alpha value is -1.69. The summed E-state index contributed by atoms with van der Waals surface area (Å²) in [5.41, 5.74) is 1.14. The Labute approximate surface area is 130 Å². The molecule has 1 atom stereocenters. The minimum atomic E-state index is -0.941. The van der Waals surface area contributed by atoms with Gasteiger partial charge in [0, 0.05) is 40.6 Å². The van der Waals surface area contributed by atoms with Crippen LogP contribution in [0.1, 0.15) is 30.0 Å². The number of rotatable bonds is 1. The number of furan rings is 1. The van der Waals surface area contributed by atoms with E-state index >= 15 is 0 Å². The van der Waals surface area contributed by atoms with Gasteiger partial charge in [-0.3, -0.25) is 9.00 Å². The molecule has 22 heavy (non-hydrogen) atoms. The number of carbonyl (C=O) groups excluding carboxylic acids is 1. The van der Waals surface area contributed by atoms with Crippen LogP contribution in [0.15, 0.2) is 22.6 Å². The Balaban J connectivity index is 1.96. The third-order valence-electron chi connectivity index (χ3n) is 4.11. The summed E-state index contributed by atoms with van der Waals surface area (Å²) in [6.45, 7) is 6.40. The number of nitrogens with zero attached hydrogens (tertiary/aromatic N) is 1. The normalized spacial score (nSPS) is 21.3. The first-order valence-corrected chi connectivity index (χ1v) is 8.48. The molecule has 2 heterocycles. The van der Waals surface area contributed by atoms with E-state index in [2.05, 4.69) is 0 Å². The number of halogens is 1. The molecule has 1 fully saturated rings. The molecule has 0 spiro atoms. The SMILES string of the molecule is Cc1c(C(=O)N2CC[S@@](=O)C(C)(C)C2)oc2ccc(F)cc12. The lowest BCUT2D eigenvalue weighted by Crippen LogP contribution is -2.52. The van der Waals surface area contributed by atoms with Crippen LogP contribution in [0.5, 0.6) is 0 Å². The van der Waals surface area contributed by atoms with Gasteiger partial charge in [-0.15, -0.1) is 0 Å². The molecule has 0 aliphatic carbocycles. The summed E-state index contributed by atoms with van der Waals surface area (Å²) in [4.78, 5) is 14.4. The van der Waals surface area contributed by atoms with Crippen LogP contribution in [0.3, 0.4) is 0 Å². The van der Waals surface area contributed by atoms with Crippen LogP contribution in [0.25, 0.3) is 11.0 Å². The molecular formula is C16H18FNO3S. The number of hydrogen-bond donors (Lipinski definition) is 0. The summed E-state index contributed by atoms with van der Waals surface area (Å²) < 4.78 is 30.5. The highest BCUT2D eigenvalue weighted by atomic mass is 32.2. The number of carbonyl (C=O) groups is 1. The largest absolute Gasteiger partial charge is 0.451 e. The van der Waals surface area contributed by atoms with Crippen LogP contribution in [0.2, 0.25) is 0 Å². The molecule has 2 aromatic rings. The van der Waals surface area contributed by atoms with E-state index in [1.807, 2.05) is 13.8 Å². The van der Waals surface area contributed by atoms with Crippen LogP contribution in [0.4, 0.5) is 4.39 Å². The Bertz CT molecular complexity index is 781. The molecule has 0 N–H and O–H groups in total. The van der Waals surface area contributed by atoms with Gasteiger partial charge >= 0.3 is 0 Å². The molecule has 4 nitrogen and oxygen atoms in total. The van der Waals surface area contributed by atoms with E-state index in [9.17, 15) is 13.4 Å². The Morgan fingerprint density at radius 3 is 2.82 bits per heavy atom. The third kappa shape index (κ3) is 2.45. The van der Waals surface area contributed by atoms with Crippen LogP contribution in [-0.4, -0.2) is 38.6 Å². The maximum Gasteiger partial charge on any atom is 0.289 e. The van der Waals surface area contributed by atoms with Crippen molar-refractivity contribution < 1.29 is 17.8 Å². The van der Waals surface area contributed by atoms with Crippen molar-refractivity contribution in [1.29, 1.82) is 0 Å². The van der Waals surface area contributed by atoms with E-state index in [0.29, 0.717) is 35.4 Å². The van der Waals surface area contributed by atoms with Crippen LogP contribution >= 0.6 is 0 Å². The zero-order valence-corrected chi connectivity index (χ0v) is 13.6. The highest BCUT2D eigenvalue weighted by molar-refractivity contribution is 7.86. The highest BCUT2D eigenvalue weighted by Gasteiger charge is 2.36. The van der Waals surface area contributed by atoms with Gasteiger partial charge in [-0.1, -0.05) is 0 Å². The predicted octanol–water partition coefficient (Wildman–Crippen LogP) is 2.86. The molecule has 6 heteroatoms. The molecule has 1 saturated heterocycles. The van der Waals surface area contributed by atoms with E-state index in [0.717, 1.165) is 0 Å². The van der Waals surface area contributed by atoms with Gasteiger partial charge in [0.15, 0.2) is 5.76 Å². The quantitative estimate of drug-likeness (QED) is 0.811. The van der Waals surface area contributed by atoms with Crippen molar-refractivity contribution in [2.45, 2.75) is 25.5 Å². The minimum absolute atomic E-state index is 0.223. The van der Waals surface area contributed by atoms with E-state index in [1.165, 1.54) is 18.2 Å². The first-order chi connectivity index (χ1) is 10.3. The maximum absolute atomic E-state index is 13.4. The number of amides is 1. The monoisotopic (exact) mass is 323 g/mol. The summed E-state index contributed by atoms with van der Waals surface area (Å²) in [5.74, 6) is 0.125. The first-order valence-electron chi connectivity index (χ1n) is 7.16. The molecule has 1 aliphatic rings. The van der Waals surface area contributed by atoms with E-state index in [-0.39, 0.29) is 17.5 Å². The first kappa shape index (κ1) is 15.2. The summed E-state index contributed by atoms with van der Waals surface area (Å²) in [5, 5.41) is 0.614. The lowest BCUT2D eigenvalue weighted by atomic mass is 10.1. The number of hydrogen-bond acceptors (Lipinski definition) is 3. The van der Waals surface area contributed by atoms with Crippen LogP contribution in [-0.2, 0) is 10.8 Å². The molecule has 0 bridgehead atoms. The fourth-order valence-corrected chi connectivity index (χ4v) is 4.03. The second-order valence-corrected chi connectivity index (χ2v) is 8.44. The molecule has 0 radical (unpaired) electrons. The van der Waals surface area contributed by atoms with Gasteiger partial charge in [0.05, 0.1) is 4.75 Å². The molecular weight excluding hydrogens is 305 g/mol. The summed E-state index contributed by atoms with van der Waals surface area (Å²) in [6, 6.07) is 4.22. The van der Waals surface area contributed by atoms with Crippen LogP contribution in [0, 0.1) is 12.7 Å².